The van der Waals surface area contributed by atoms with Gasteiger partial charge in [0, 0.05) is 37.4 Å². The normalized spacial score (nSPS) is 14.3. The maximum atomic E-state index is 8.74. The number of nitrogens with zero attached hydrogens (tertiary/aromatic N) is 5. The average molecular weight is 977 g/mol. The molecule has 5 heterocycles. The van der Waals surface area contributed by atoms with Gasteiger partial charge in [0.2, 0.25) is 0 Å². The van der Waals surface area contributed by atoms with Crippen molar-refractivity contribution in [2.75, 3.05) is 0 Å². The van der Waals surface area contributed by atoms with E-state index in [1.54, 1.807) is 12.3 Å². The number of ether oxygens (including phenoxy) is 1. The molecule has 0 spiro atoms. The Morgan fingerprint density at radius 1 is 0.574 bits per heavy atom. The van der Waals surface area contributed by atoms with Crippen LogP contribution in [0, 0.1) is 10.7 Å². The van der Waals surface area contributed by atoms with Crippen LogP contribution in [0.4, 0.5) is 0 Å². The van der Waals surface area contributed by atoms with Crippen molar-refractivity contribution in [3.63, 3.8) is 0 Å². The van der Waals surface area contributed by atoms with Crippen LogP contribution < -0.4 is 4.74 Å². The summed E-state index contributed by atoms with van der Waals surface area (Å²) in [5.41, 5.74) is 9.36. The predicted molar refractivity (Wildman–Crippen MR) is 248 cm³/mol. The van der Waals surface area contributed by atoms with Crippen LogP contribution in [-0.2, 0) is 31.7 Å². The number of aryl methyl sites for hydroxylation is 2. The van der Waals surface area contributed by atoms with Crippen LogP contribution >= 0.6 is 0 Å². The molecule has 0 aliphatic rings. The molecule has 0 amide bonds. The molecule has 298 valence electrons. The Kier molecular flexibility index (Phi) is 6.52. The minimum Gasteiger partial charge on any atom is -0.0622 e. The minimum absolute atomic E-state index is 0.205. The first-order chi connectivity index (χ1) is 32.0. The van der Waals surface area contributed by atoms with Gasteiger partial charge in [0.1, 0.15) is 0 Å². The van der Waals surface area contributed by atoms with Crippen molar-refractivity contribution in [3.05, 3.63) is 173 Å². The van der Waals surface area contributed by atoms with Gasteiger partial charge in [-0.05, 0) is 24.0 Å². The zero-order valence-electron chi connectivity index (χ0n) is 39.5. The molecule has 0 aliphatic carbocycles. The van der Waals surface area contributed by atoms with Crippen molar-refractivity contribution in [1.82, 2.24) is 23.1 Å². The third-order valence-corrected chi connectivity index (χ3v) is 13.3. The fourth-order valence-corrected chi connectivity index (χ4v) is 10.2. The van der Waals surface area contributed by atoms with Crippen molar-refractivity contribution < 1.29 is 32.3 Å². The van der Waals surface area contributed by atoms with E-state index in [2.05, 4.69) is 116 Å². The Morgan fingerprint density at radius 3 is 2.08 bits per heavy atom. The van der Waals surface area contributed by atoms with Gasteiger partial charge in [-0.15, -0.1) is 0 Å². The van der Waals surface area contributed by atoms with Crippen molar-refractivity contribution in [2.24, 2.45) is 6.98 Å². The smallest absolute Gasteiger partial charge is 0.0622 e. The Balaban J connectivity index is 1.10. The van der Waals surface area contributed by atoms with Crippen molar-refractivity contribution >= 4 is 70.9 Å². The molecular formula is C54H41N5OPt. The molecule has 6 nitrogen and oxygen atoms in total. The predicted octanol–water partition coefficient (Wildman–Crippen LogP) is 13.8. The molecule has 0 bridgehead atoms. The number of pyridine rings is 1. The van der Waals surface area contributed by atoms with Gasteiger partial charge in [-0.25, -0.2) is 0 Å². The summed E-state index contributed by atoms with van der Waals surface area (Å²) in [5.74, 6) is 1.61. The Labute approximate surface area is 371 Å². The molecule has 7 aromatic carbocycles. The molecule has 0 radical (unpaired) electrons. The van der Waals surface area contributed by atoms with E-state index >= 15 is 0 Å². The zero-order chi connectivity index (χ0) is 46.3. The van der Waals surface area contributed by atoms with E-state index in [0.717, 1.165) is 65.9 Å². The van der Waals surface area contributed by atoms with Crippen LogP contribution in [0.2, 0.25) is 0 Å². The summed E-state index contributed by atoms with van der Waals surface area (Å²) in [6.45, 7) is 1.59. The fraction of sp³-hybridized carbons (Fsp3) is 0.111. The van der Waals surface area contributed by atoms with E-state index in [9.17, 15) is 0 Å². The van der Waals surface area contributed by atoms with E-state index in [4.69, 9.17) is 17.9 Å². The number of rotatable bonds is 5. The summed E-state index contributed by atoms with van der Waals surface area (Å²) in [6.07, 6.45) is 1.68. The fourth-order valence-electron chi connectivity index (χ4n) is 9.35. The maximum absolute atomic E-state index is 8.74. The van der Waals surface area contributed by atoms with Gasteiger partial charge in [-0.1, -0.05) is 66.7 Å². The van der Waals surface area contributed by atoms with Crippen molar-refractivity contribution in [3.8, 4) is 34.1 Å². The van der Waals surface area contributed by atoms with Gasteiger partial charge in [0.25, 0.3) is 0 Å². The standard InChI is InChI=1S/C54H41N5O.Pt/c1-33-24-52(55-31-45(33)34-14-7-6-8-15-34)58-49-28-37(60-38-26-35(54(2,3)4)25-36(27-38)57-32-56(5)47-20-11-12-21-48(47)57)22-23-40(49)43-29-44-42-18-13-17-41-39-16-9-10-19-46(39)59(53(41)42)51(44)30-50(43)58;/h6-31H,1-5H3;/i1D3,5D3;. The van der Waals surface area contributed by atoms with Gasteiger partial charge < -0.3 is 4.40 Å². The zero-order valence-corrected chi connectivity index (χ0v) is 35.7. The first-order valence-corrected chi connectivity index (χ1v) is 21.4. The molecule has 0 saturated heterocycles. The summed E-state index contributed by atoms with van der Waals surface area (Å²) >= 11 is 2.10. The van der Waals surface area contributed by atoms with Crippen LogP contribution in [0.5, 0.6) is 11.5 Å². The first-order valence-electron chi connectivity index (χ1n) is 23.3. The molecular weight excluding hydrogens is 930 g/mol. The monoisotopic (exact) mass is 976 g/mol. The second kappa shape index (κ2) is 13.1. The summed E-state index contributed by atoms with van der Waals surface area (Å²) < 4.78 is 66.7. The molecule has 0 fully saturated rings. The number of hydrogen-bond donors (Lipinski definition) is 0. The second-order valence-corrected chi connectivity index (χ2v) is 17.9. The summed E-state index contributed by atoms with van der Waals surface area (Å²) in [7, 11) is 0. The number of imidazole rings is 1. The number of aromatic nitrogens is 5. The minimum atomic E-state index is -2.43. The third kappa shape index (κ3) is 5.38. The molecule has 61 heavy (non-hydrogen) atoms. The van der Waals surface area contributed by atoms with Gasteiger partial charge in [0.05, 0.1) is 16.6 Å². The van der Waals surface area contributed by atoms with E-state index < -0.39 is 13.8 Å². The number of para-hydroxylation sites is 4. The van der Waals surface area contributed by atoms with Crippen molar-refractivity contribution in [1.29, 1.82) is 0 Å². The van der Waals surface area contributed by atoms with E-state index in [1.807, 2.05) is 83.4 Å². The molecule has 0 N–H and O–H groups in total. The molecule has 7 heteroatoms. The molecule has 12 rings (SSSR count). The number of fused-ring (bicyclic) bond motifs is 10. The van der Waals surface area contributed by atoms with Crippen LogP contribution in [0.3, 0.4) is 0 Å². The molecule has 0 aliphatic heterocycles. The average Bonchev–Trinajstić information content (AvgIpc) is 4.01. The molecule has 12 aromatic rings. The Morgan fingerprint density at radius 2 is 1.28 bits per heavy atom. The Hall–Kier alpha value is -6.75. The van der Waals surface area contributed by atoms with Crippen molar-refractivity contribution in [2.45, 2.75) is 33.0 Å². The van der Waals surface area contributed by atoms with Crippen LogP contribution in [0.15, 0.2) is 158 Å². The van der Waals surface area contributed by atoms with Gasteiger partial charge in [-0.3, -0.25) is 0 Å². The van der Waals surface area contributed by atoms with Crippen LogP contribution in [0.1, 0.15) is 40.1 Å². The molecule has 5 aromatic heterocycles. The van der Waals surface area contributed by atoms with E-state index in [-0.39, 0.29) is 11.0 Å². The summed E-state index contributed by atoms with van der Waals surface area (Å²) in [6, 6.07) is 50.3. The van der Waals surface area contributed by atoms with Crippen LogP contribution in [-0.4, -0.2) is 23.1 Å². The quantitative estimate of drug-likeness (QED) is 0.172. The first kappa shape index (κ1) is 30.3. The van der Waals surface area contributed by atoms with E-state index in [0.29, 0.717) is 32.2 Å². The summed E-state index contributed by atoms with van der Waals surface area (Å²) in [5, 5.41) is 6.60. The third-order valence-electron chi connectivity index (χ3n) is 12.2. The molecule has 0 saturated carbocycles. The molecule has 0 atom stereocenters. The molecule has 0 unspecified atom stereocenters. The van der Waals surface area contributed by atoms with Gasteiger partial charge in [-0.2, -0.15) is 0 Å². The van der Waals surface area contributed by atoms with E-state index in [1.165, 1.54) is 20.9 Å². The Bertz CT molecular complexity index is 4060. The number of hydrogen-bond acceptors (Lipinski definition) is 2. The SMILES string of the molecule is [2H]C([2H])([2H])c1cc(-n2c3cc(Oc4cc(-n5[c](=[Pt])n(C([2H])([2H])[2H])c6ccccc65)cc(C(C)(C)C)c4)ccc3c3cc4c5cccc6c7ccccc7n(c4cc32)c65)ncc1-c1ccccc1. The van der Waals surface area contributed by atoms with Gasteiger partial charge in [0.15, 0.2) is 0 Å². The second-order valence-electron chi connectivity index (χ2n) is 16.9. The number of benzene rings is 7. The summed E-state index contributed by atoms with van der Waals surface area (Å²) in [4.78, 5) is 5.05. The van der Waals surface area contributed by atoms with Crippen LogP contribution in [0.25, 0.3) is 93.6 Å². The van der Waals surface area contributed by atoms with Gasteiger partial charge >= 0.3 is 224 Å². The topological polar surface area (TPSA) is 41.3 Å².